The van der Waals surface area contributed by atoms with E-state index < -0.39 is 28.3 Å². The Hall–Kier alpha value is -2.85. The lowest BCUT2D eigenvalue weighted by atomic mass is 10.1. The molecule has 6 nitrogen and oxygen atoms in total. The van der Waals surface area contributed by atoms with Crippen LogP contribution in [0.1, 0.15) is 22.3 Å². The van der Waals surface area contributed by atoms with Gasteiger partial charge in [-0.3, -0.25) is 4.79 Å². The molecular formula is C18H18N2O4S. The van der Waals surface area contributed by atoms with Crippen LogP contribution < -0.4 is 9.46 Å². The Morgan fingerprint density at radius 3 is 2.56 bits per heavy atom. The van der Waals surface area contributed by atoms with Gasteiger partial charge < -0.3 is 4.74 Å². The van der Waals surface area contributed by atoms with Crippen LogP contribution in [0.25, 0.3) is 0 Å². The maximum absolute atomic E-state index is 12.1. The summed E-state index contributed by atoms with van der Waals surface area (Å²) in [6.07, 6.45) is 0. The highest BCUT2D eigenvalue weighted by molar-refractivity contribution is 7.89. The lowest BCUT2D eigenvalue weighted by Crippen LogP contribution is -2.35. The highest BCUT2D eigenvalue weighted by Crippen LogP contribution is 2.16. The van der Waals surface area contributed by atoms with Crippen LogP contribution in [0.4, 0.5) is 0 Å². The molecule has 0 saturated heterocycles. The van der Waals surface area contributed by atoms with Crippen molar-refractivity contribution in [3.8, 4) is 11.8 Å². The van der Waals surface area contributed by atoms with E-state index in [-0.39, 0.29) is 5.56 Å². The van der Waals surface area contributed by atoms with Gasteiger partial charge in [-0.15, -0.1) is 0 Å². The lowest BCUT2D eigenvalue weighted by Gasteiger charge is -2.10. The molecule has 2 aromatic rings. The van der Waals surface area contributed by atoms with Crippen LogP contribution in [-0.4, -0.2) is 20.9 Å². The molecule has 0 aliphatic heterocycles. The van der Waals surface area contributed by atoms with E-state index in [4.69, 9.17) is 10.00 Å². The van der Waals surface area contributed by atoms with Crippen LogP contribution in [0.15, 0.2) is 42.5 Å². The van der Waals surface area contributed by atoms with Gasteiger partial charge in [-0.05, 0) is 48.7 Å². The first-order chi connectivity index (χ1) is 11.8. The minimum absolute atomic E-state index is 0.256. The van der Waals surface area contributed by atoms with E-state index in [1.807, 2.05) is 30.7 Å². The van der Waals surface area contributed by atoms with Gasteiger partial charge in [0.15, 0.2) is 6.61 Å². The number of carbonyl (C=O) groups is 1. The molecule has 0 spiro atoms. The standard InChI is InChI=1S/C18H18N2O4S/c1-13-7-8-17(9-14(13)2)24-11-18(21)20-25(22,23)12-16-6-4-3-5-15(16)10-19/h3-9H,11-12H2,1-2H3,(H,20,21). The van der Waals surface area contributed by atoms with E-state index >= 15 is 0 Å². The predicted molar refractivity (Wildman–Crippen MR) is 93.3 cm³/mol. The number of nitrogens with zero attached hydrogens (tertiary/aromatic N) is 1. The zero-order valence-corrected chi connectivity index (χ0v) is 14.8. The van der Waals surface area contributed by atoms with E-state index in [0.717, 1.165) is 11.1 Å². The summed E-state index contributed by atoms with van der Waals surface area (Å²) in [6, 6.07) is 13.6. The third-order valence-electron chi connectivity index (χ3n) is 3.60. The fourth-order valence-electron chi connectivity index (χ4n) is 2.15. The van der Waals surface area contributed by atoms with Crippen molar-refractivity contribution < 1.29 is 17.9 Å². The molecular weight excluding hydrogens is 340 g/mol. The molecule has 25 heavy (non-hydrogen) atoms. The van der Waals surface area contributed by atoms with Gasteiger partial charge in [0.05, 0.1) is 17.4 Å². The summed E-state index contributed by atoms with van der Waals surface area (Å²) in [5.41, 5.74) is 2.70. The first-order valence-electron chi connectivity index (χ1n) is 7.52. The third-order valence-corrected chi connectivity index (χ3v) is 4.83. The average Bonchev–Trinajstić information content (AvgIpc) is 2.55. The molecule has 0 aromatic heterocycles. The van der Waals surface area contributed by atoms with Gasteiger partial charge in [0.1, 0.15) is 5.75 Å². The predicted octanol–water partition coefficient (Wildman–Crippen LogP) is 2.20. The average molecular weight is 358 g/mol. The number of ether oxygens (including phenoxy) is 1. The lowest BCUT2D eigenvalue weighted by molar-refractivity contribution is -0.121. The molecule has 0 unspecified atom stereocenters. The maximum Gasteiger partial charge on any atom is 0.271 e. The number of benzene rings is 2. The van der Waals surface area contributed by atoms with Crippen molar-refractivity contribution in [2.45, 2.75) is 19.6 Å². The summed E-state index contributed by atoms with van der Waals surface area (Å²) in [5, 5.41) is 9.00. The molecule has 0 atom stereocenters. The molecule has 130 valence electrons. The molecule has 2 aromatic carbocycles. The van der Waals surface area contributed by atoms with Gasteiger partial charge in [-0.1, -0.05) is 24.3 Å². The molecule has 2 rings (SSSR count). The smallest absolute Gasteiger partial charge is 0.271 e. The van der Waals surface area contributed by atoms with Gasteiger partial charge in [-0.25, -0.2) is 13.1 Å². The molecule has 0 fully saturated rings. The number of amides is 1. The highest BCUT2D eigenvalue weighted by Gasteiger charge is 2.17. The number of aryl methyl sites for hydroxylation is 2. The molecule has 0 aliphatic carbocycles. The number of nitriles is 1. The summed E-state index contributed by atoms with van der Waals surface area (Å²) >= 11 is 0. The van der Waals surface area contributed by atoms with E-state index in [1.165, 1.54) is 12.1 Å². The number of hydrogen-bond donors (Lipinski definition) is 1. The largest absolute Gasteiger partial charge is 0.484 e. The normalized spacial score (nSPS) is 10.8. The molecule has 1 amide bonds. The van der Waals surface area contributed by atoms with E-state index in [0.29, 0.717) is 11.3 Å². The minimum Gasteiger partial charge on any atom is -0.484 e. The molecule has 0 radical (unpaired) electrons. The quantitative estimate of drug-likeness (QED) is 0.854. The van der Waals surface area contributed by atoms with Crippen LogP contribution in [0.5, 0.6) is 5.75 Å². The Bertz CT molecular complexity index is 930. The number of hydrogen-bond acceptors (Lipinski definition) is 5. The van der Waals surface area contributed by atoms with Crippen LogP contribution in [-0.2, 0) is 20.6 Å². The van der Waals surface area contributed by atoms with Gasteiger partial charge in [0.2, 0.25) is 10.0 Å². The molecule has 0 heterocycles. The summed E-state index contributed by atoms with van der Waals surface area (Å²) in [7, 11) is -3.92. The molecule has 7 heteroatoms. The van der Waals surface area contributed by atoms with Crippen molar-refractivity contribution in [3.63, 3.8) is 0 Å². The van der Waals surface area contributed by atoms with E-state index in [2.05, 4.69) is 0 Å². The Balaban J connectivity index is 1.96. The van der Waals surface area contributed by atoms with Crippen LogP contribution >= 0.6 is 0 Å². The number of nitrogens with one attached hydrogen (secondary N) is 1. The monoisotopic (exact) mass is 358 g/mol. The van der Waals surface area contributed by atoms with Crippen molar-refractivity contribution in [1.82, 2.24) is 4.72 Å². The van der Waals surface area contributed by atoms with Crippen molar-refractivity contribution >= 4 is 15.9 Å². The van der Waals surface area contributed by atoms with Crippen LogP contribution in [0.2, 0.25) is 0 Å². The first kappa shape index (κ1) is 18.5. The fourth-order valence-corrected chi connectivity index (χ4v) is 3.29. The van der Waals surface area contributed by atoms with Gasteiger partial charge in [0.25, 0.3) is 5.91 Å². The van der Waals surface area contributed by atoms with Crippen molar-refractivity contribution in [2.24, 2.45) is 0 Å². The second kappa shape index (κ2) is 7.81. The molecule has 0 saturated carbocycles. The molecule has 0 aliphatic rings. The number of carbonyl (C=O) groups excluding carboxylic acids is 1. The Morgan fingerprint density at radius 2 is 1.88 bits per heavy atom. The maximum atomic E-state index is 12.1. The van der Waals surface area contributed by atoms with Crippen LogP contribution in [0.3, 0.4) is 0 Å². The Labute approximate surface area is 147 Å². The summed E-state index contributed by atoms with van der Waals surface area (Å²) in [4.78, 5) is 11.8. The fraction of sp³-hybridized carbons (Fsp3) is 0.222. The van der Waals surface area contributed by atoms with Crippen molar-refractivity contribution in [3.05, 3.63) is 64.7 Å². The zero-order valence-electron chi connectivity index (χ0n) is 13.9. The SMILES string of the molecule is Cc1ccc(OCC(=O)NS(=O)(=O)Cc2ccccc2C#N)cc1C. The van der Waals surface area contributed by atoms with Crippen molar-refractivity contribution in [2.75, 3.05) is 6.61 Å². The van der Waals surface area contributed by atoms with Crippen molar-refractivity contribution in [1.29, 1.82) is 5.26 Å². The third kappa shape index (κ3) is 5.33. The highest BCUT2D eigenvalue weighted by atomic mass is 32.2. The number of rotatable bonds is 6. The van der Waals surface area contributed by atoms with Gasteiger partial charge in [-0.2, -0.15) is 5.26 Å². The zero-order chi connectivity index (χ0) is 18.4. The Kier molecular flexibility index (Phi) is 5.78. The summed E-state index contributed by atoms with van der Waals surface area (Å²) in [6.45, 7) is 3.46. The van der Waals surface area contributed by atoms with E-state index in [1.54, 1.807) is 24.3 Å². The first-order valence-corrected chi connectivity index (χ1v) is 9.17. The topological polar surface area (TPSA) is 96.3 Å². The molecule has 1 N–H and O–H groups in total. The van der Waals surface area contributed by atoms with Crippen LogP contribution in [0, 0.1) is 25.2 Å². The second-order valence-corrected chi connectivity index (χ2v) is 7.31. The summed E-state index contributed by atoms with van der Waals surface area (Å²) in [5.74, 6) is -0.732. The van der Waals surface area contributed by atoms with Gasteiger partial charge in [0, 0.05) is 0 Å². The second-order valence-electron chi connectivity index (χ2n) is 5.59. The summed E-state index contributed by atoms with van der Waals surface area (Å²) < 4.78 is 31.5. The minimum atomic E-state index is -3.92. The number of sulfonamides is 1. The Morgan fingerprint density at radius 1 is 1.16 bits per heavy atom. The van der Waals surface area contributed by atoms with E-state index in [9.17, 15) is 13.2 Å². The van der Waals surface area contributed by atoms with Gasteiger partial charge >= 0.3 is 0 Å². The molecule has 0 bridgehead atoms.